The van der Waals surface area contributed by atoms with Gasteiger partial charge < -0.3 is 15.2 Å². The standard InChI is InChI=1S/C19H21Br2NO3/c1-12(2)22-15-5-3-4-14(8-15)11-25-19-16(20)9-13(10-17(19)21)6-7-18(23)24/h3-5,8-10,12,22H,6-7,11H2,1-2H3,(H,23,24). The molecular formula is C19H21Br2NO3. The van der Waals surface area contributed by atoms with E-state index in [2.05, 4.69) is 57.1 Å². The average molecular weight is 471 g/mol. The number of ether oxygens (including phenoxy) is 1. The van der Waals surface area contributed by atoms with Gasteiger partial charge in [-0.05, 0) is 87.5 Å². The Hall–Kier alpha value is -1.53. The largest absolute Gasteiger partial charge is 0.487 e. The lowest BCUT2D eigenvalue weighted by atomic mass is 10.1. The van der Waals surface area contributed by atoms with Crippen molar-refractivity contribution in [1.82, 2.24) is 0 Å². The van der Waals surface area contributed by atoms with Crippen molar-refractivity contribution in [1.29, 1.82) is 0 Å². The third-order valence-corrected chi connectivity index (χ3v) is 4.63. The van der Waals surface area contributed by atoms with Gasteiger partial charge in [0.05, 0.1) is 8.95 Å². The molecule has 25 heavy (non-hydrogen) atoms. The molecule has 4 nitrogen and oxygen atoms in total. The zero-order valence-corrected chi connectivity index (χ0v) is 17.4. The van der Waals surface area contributed by atoms with Gasteiger partial charge in [0, 0.05) is 18.2 Å². The fourth-order valence-electron chi connectivity index (χ4n) is 2.39. The first kappa shape index (κ1) is 19.8. The third kappa shape index (κ3) is 6.36. The molecular weight excluding hydrogens is 450 g/mol. The number of hydrogen-bond donors (Lipinski definition) is 2. The van der Waals surface area contributed by atoms with Crippen molar-refractivity contribution in [3.05, 3.63) is 56.5 Å². The van der Waals surface area contributed by atoms with Crippen LogP contribution in [0.4, 0.5) is 5.69 Å². The average Bonchev–Trinajstić information content (AvgIpc) is 2.52. The van der Waals surface area contributed by atoms with Crippen LogP contribution in [-0.4, -0.2) is 17.1 Å². The number of hydrogen-bond acceptors (Lipinski definition) is 3. The van der Waals surface area contributed by atoms with Crippen LogP contribution in [0.2, 0.25) is 0 Å². The van der Waals surface area contributed by atoms with Gasteiger partial charge in [0.1, 0.15) is 12.4 Å². The first-order valence-electron chi connectivity index (χ1n) is 8.03. The molecule has 2 rings (SSSR count). The predicted octanol–water partition coefficient (Wildman–Crippen LogP) is 5.63. The van der Waals surface area contributed by atoms with Crippen LogP contribution < -0.4 is 10.1 Å². The maximum Gasteiger partial charge on any atom is 0.303 e. The molecule has 0 heterocycles. The van der Waals surface area contributed by atoms with Gasteiger partial charge in [-0.25, -0.2) is 0 Å². The SMILES string of the molecule is CC(C)Nc1cccc(COc2c(Br)cc(CCC(=O)O)cc2Br)c1. The molecule has 0 bridgehead atoms. The quantitative estimate of drug-likeness (QED) is 0.525. The number of anilines is 1. The van der Waals surface area contributed by atoms with Crippen molar-refractivity contribution < 1.29 is 14.6 Å². The van der Waals surface area contributed by atoms with Crippen molar-refractivity contribution in [2.75, 3.05) is 5.32 Å². The monoisotopic (exact) mass is 469 g/mol. The number of carbonyl (C=O) groups is 1. The Kier molecular flexibility index (Phi) is 7.32. The Morgan fingerprint density at radius 1 is 1.16 bits per heavy atom. The van der Waals surface area contributed by atoms with Crippen LogP contribution in [-0.2, 0) is 17.8 Å². The molecule has 0 aromatic heterocycles. The van der Waals surface area contributed by atoms with Crippen LogP contribution in [0.3, 0.4) is 0 Å². The zero-order chi connectivity index (χ0) is 18.4. The fourth-order valence-corrected chi connectivity index (χ4v) is 3.90. The van der Waals surface area contributed by atoms with E-state index in [0.717, 1.165) is 25.8 Å². The lowest BCUT2D eigenvalue weighted by molar-refractivity contribution is -0.136. The van der Waals surface area contributed by atoms with E-state index in [4.69, 9.17) is 9.84 Å². The van der Waals surface area contributed by atoms with Gasteiger partial charge in [-0.1, -0.05) is 12.1 Å². The predicted molar refractivity (Wildman–Crippen MR) is 107 cm³/mol. The third-order valence-electron chi connectivity index (χ3n) is 3.45. The number of benzene rings is 2. The minimum absolute atomic E-state index is 0.106. The fraction of sp³-hybridized carbons (Fsp3) is 0.316. The van der Waals surface area contributed by atoms with E-state index in [1.165, 1.54) is 0 Å². The second kappa shape index (κ2) is 9.25. The number of aliphatic carboxylic acids is 1. The van der Waals surface area contributed by atoms with Gasteiger partial charge in [0.15, 0.2) is 0 Å². The molecule has 0 saturated heterocycles. The summed E-state index contributed by atoms with van der Waals surface area (Å²) in [5.41, 5.74) is 3.08. The molecule has 0 aliphatic rings. The van der Waals surface area contributed by atoms with Crippen LogP contribution in [0.1, 0.15) is 31.4 Å². The number of aryl methyl sites for hydroxylation is 1. The molecule has 0 amide bonds. The van der Waals surface area contributed by atoms with Crippen molar-refractivity contribution in [3.8, 4) is 5.75 Å². The number of carboxylic acids is 1. The van der Waals surface area contributed by atoms with Crippen LogP contribution >= 0.6 is 31.9 Å². The highest BCUT2D eigenvalue weighted by Crippen LogP contribution is 2.35. The molecule has 0 aliphatic carbocycles. The number of halogens is 2. The Bertz CT molecular complexity index is 724. The van der Waals surface area contributed by atoms with Gasteiger partial charge in [-0.15, -0.1) is 0 Å². The van der Waals surface area contributed by atoms with Gasteiger partial charge in [0.25, 0.3) is 0 Å². The molecule has 0 aliphatic heterocycles. The summed E-state index contributed by atoms with van der Waals surface area (Å²) in [5, 5.41) is 12.2. The normalized spacial score (nSPS) is 10.8. The lowest BCUT2D eigenvalue weighted by Gasteiger charge is -2.14. The van der Waals surface area contributed by atoms with E-state index in [1.807, 2.05) is 30.3 Å². The summed E-state index contributed by atoms with van der Waals surface area (Å²) in [6, 6.07) is 12.3. The highest BCUT2D eigenvalue weighted by Gasteiger charge is 2.11. The molecule has 0 saturated carbocycles. The van der Waals surface area contributed by atoms with Crippen molar-refractivity contribution in [2.45, 2.75) is 39.3 Å². The Labute approximate surface area is 164 Å². The number of nitrogens with one attached hydrogen (secondary N) is 1. The van der Waals surface area contributed by atoms with E-state index >= 15 is 0 Å². The summed E-state index contributed by atoms with van der Waals surface area (Å²) in [6.45, 7) is 4.64. The minimum Gasteiger partial charge on any atom is -0.487 e. The Morgan fingerprint density at radius 3 is 2.44 bits per heavy atom. The molecule has 0 radical (unpaired) electrons. The van der Waals surface area contributed by atoms with E-state index in [9.17, 15) is 4.79 Å². The molecule has 0 fully saturated rings. The van der Waals surface area contributed by atoms with Crippen molar-refractivity contribution >= 4 is 43.5 Å². The maximum atomic E-state index is 10.7. The summed E-state index contributed by atoms with van der Waals surface area (Å²) >= 11 is 7.02. The number of carboxylic acid groups (broad SMARTS) is 1. The van der Waals surface area contributed by atoms with Gasteiger partial charge in [-0.2, -0.15) is 0 Å². The zero-order valence-electron chi connectivity index (χ0n) is 14.2. The van der Waals surface area contributed by atoms with Gasteiger partial charge >= 0.3 is 5.97 Å². The molecule has 0 atom stereocenters. The van der Waals surface area contributed by atoms with Crippen LogP contribution in [0.25, 0.3) is 0 Å². The Morgan fingerprint density at radius 2 is 1.84 bits per heavy atom. The van der Waals surface area contributed by atoms with Crippen LogP contribution in [0.15, 0.2) is 45.3 Å². The highest BCUT2D eigenvalue weighted by molar-refractivity contribution is 9.11. The van der Waals surface area contributed by atoms with Gasteiger partial charge in [-0.3, -0.25) is 4.79 Å². The second-order valence-electron chi connectivity index (χ2n) is 6.07. The first-order valence-corrected chi connectivity index (χ1v) is 9.61. The molecule has 2 N–H and O–H groups in total. The minimum atomic E-state index is -0.803. The van der Waals surface area contributed by atoms with Crippen molar-refractivity contribution in [2.24, 2.45) is 0 Å². The summed E-state index contributed by atoms with van der Waals surface area (Å²) in [6.07, 6.45) is 0.588. The van der Waals surface area contributed by atoms with E-state index in [1.54, 1.807) is 0 Å². The van der Waals surface area contributed by atoms with Crippen LogP contribution in [0.5, 0.6) is 5.75 Å². The molecule has 6 heteroatoms. The van der Waals surface area contributed by atoms with Gasteiger partial charge in [0.2, 0.25) is 0 Å². The lowest BCUT2D eigenvalue weighted by Crippen LogP contribution is -2.09. The van der Waals surface area contributed by atoms with E-state index in [-0.39, 0.29) is 6.42 Å². The maximum absolute atomic E-state index is 10.7. The molecule has 2 aromatic rings. The van der Waals surface area contributed by atoms with Crippen molar-refractivity contribution in [3.63, 3.8) is 0 Å². The Balaban J connectivity index is 2.06. The van der Waals surface area contributed by atoms with E-state index in [0.29, 0.717) is 24.8 Å². The first-order chi connectivity index (χ1) is 11.8. The summed E-state index contributed by atoms with van der Waals surface area (Å²) < 4.78 is 7.57. The molecule has 134 valence electrons. The van der Waals surface area contributed by atoms with Crippen LogP contribution in [0, 0.1) is 0 Å². The number of rotatable bonds is 8. The summed E-state index contributed by atoms with van der Waals surface area (Å²) in [7, 11) is 0. The topological polar surface area (TPSA) is 58.6 Å². The summed E-state index contributed by atoms with van der Waals surface area (Å²) in [4.78, 5) is 10.7. The molecule has 0 unspecified atom stereocenters. The molecule has 2 aromatic carbocycles. The highest BCUT2D eigenvalue weighted by atomic mass is 79.9. The molecule has 0 spiro atoms. The smallest absolute Gasteiger partial charge is 0.303 e. The summed E-state index contributed by atoms with van der Waals surface area (Å²) in [5.74, 6) is -0.0937. The second-order valence-corrected chi connectivity index (χ2v) is 7.78. The van der Waals surface area contributed by atoms with E-state index < -0.39 is 5.97 Å².